The molecule has 8 heteroatoms. The first-order valence-electron chi connectivity index (χ1n) is 6.62. The Labute approximate surface area is 116 Å². The molecule has 1 aliphatic heterocycles. The first-order valence-corrected chi connectivity index (χ1v) is 6.62. The van der Waals surface area contributed by atoms with Crippen molar-refractivity contribution in [2.45, 2.75) is 31.7 Å². The van der Waals surface area contributed by atoms with Crippen molar-refractivity contribution in [3.63, 3.8) is 0 Å². The third-order valence-electron chi connectivity index (χ3n) is 3.07. The summed E-state index contributed by atoms with van der Waals surface area (Å²) >= 11 is 0. The topological polar surface area (TPSA) is 106 Å². The van der Waals surface area contributed by atoms with Crippen LogP contribution in [-0.2, 0) is 9.53 Å². The fraction of sp³-hybridized carbons (Fsp3) is 0.667. The predicted molar refractivity (Wildman–Crippen MR) is 67.9 cm³/mol. The van der Waals surface area contributed by atoms with Crippen LogP contribution in [-0.4, -0.2) is 42.2 Å². The summed E-state index contributed by atoms with van der Waals surface area (Å²) in [5.74, 6) is -0.231. The molecule has 1 saturated heterocycles. The molecule has 0 aromatic carbocycles. The lowest BCUT2D eigenvalue weighted by molar-refractivity contribution is -0.140. The van der Waals surface area contributed by atoms with Crippen LogP contribution in [0.25, 0.3) is 0 Å². The van der Waals surface area contributed by atoms with E-state index in [4.69, 9.17) is 4.52 Å². The molecule has 0 aliphatic carbocycles. The number of aromatic nitrogens is 2. The number of ether oxygens (including phenoxy) is 1. The van der Waals surface area contributed by atoms with Gasteiger partial charge in [-0.2, -0.15) is 4.98 Å². The minimum absolute atomic E-state index is 0.0202. The highest BCUT2D eigenvalue weighted by Gasteiger charge is 2.24. The van der Waals surface area contributed by atoms with Gasteiger partial charge in [0.25, 0.3) is 11.7 Å². The van der Waals surface area contributed by atoms with Gasteiger partial charge in [0.05, 0.1) is 13.2 Å². The average molecular weight is 282 g/mol. The summed E-state index contributed by atoms with van der Waals surface area (Å²) < 4.78 is 9.58. The quantitative estimate of drug-likeness (QED) is 0.566. The van der Waals surface area contributed by atoms with E-state index in [-0.39, 0.29) is 24.3 Å². The van der Waals surface area contributed by atoms with Crippen molar-refractivity contribution >= 4 is 11.9 Å². The van der Waals surface area contributed by atoms with Gasteiger partial charge in [-0.1, -0.05) is 5.16 Å². The Bertz CT molecular complexity index is 468. The Morgan fingerprint density at radius 2 is 2.40 bits per heavy atom. The number of esters is 1. The van der Waals surface area contributed by atoms with Crippen molar-refractivity contribution in [2.24, 2.45) is 0 Å². The van der Waals surface area contributed by atoms with Crippen molar-refractivity contribution in [3.8, 4) is 0 Å². The van der Waals surface area contributed by atoms with Crippen molar-refractivity contribution in [2.75, 3.05) is 20.2 Å². The van der Waals surface area contributed by atoms with E-state index in [9.17, 15) is 9.59 Å². The van der Waals surface area contributed by atoms with E-state index >= 15 is 0 Å². The lowest BCUT2D eigenvalue weighted by atomic mass is 10.2. The second-order valence-corrected chi connectivity index (χ2v) is 4.54. The molecule has 1 amide bonds. The Morgan fingerprint density at radius 3 is 3.10 bits per heavy atom. The van der Waals surface area contributed by atoms with Gasteiger partial charge in [0.15, 0.2) is 0 Å². The van der Waals surface area contributed by atoms with E-state index in [0.717, 1.165) is 19.4 Å². The average Bonchev–Trinajstić information content (AvgIpc) is 3.12. The van der Waals surface area contributed by atoms with Crippen LogP contribution in [0.15, 0.2) is 4.52 Å². The summed E-state index contributed by atoms with van der Waals surface area (Å²) in [6, 6.07) is 0.0448. The van der Waals surface area contributed by atoms with Gasteiger partial charge in [-0.15, -0.1) is 0 Å². The number of carbonyl (C=O) groups excluding carboxylic acids is 2. The van der Waals surface area contributed by atoms with Crippen LogP contribution >= 0.6 is 0 Å². The highest BCUT2D eigenvalue weighted by Crippen LogP contribution is 2.20. The molecule has 1 unspecified atom stereocenters. The van der Waals surface area contributed by atoms with Crippen LogP contribution in [0.3, 0.4) is 0 Å². The third kappa shape index (κ3) is 3.77. The molecule has 2 heterocycles. The second-order valence-electron chi connectivity index (χ2n) is 4.54. The minimum atomic E-state index is -0.400. The molecule has 8 nitrogen and oxygen atoms in total. The summed E-state index contributed by atoms with van der Waals surface area (Å²) in [4.78, 5) is 26.7. The van der Waals surface area contributed by atoms with Crippen LogP contribution in [0.4, 0.5) is 0 Å². The van der Waals surface area contributed by atoms with E-state index in [0.29, 0.717) is 18.9 Å². The highest BCUT2D eigenvalue weighted by molar-refractivity contribution is 5.90. The smallest absolute Gasteiger partial charge is 0.305 e. The fourth-order valence-electron chi connectivity index (χ4n) is 1.98. The van der Waals surface area contributed by atoms with E-state index in [2.05, 4.69) is 25.5 Å². The van der Waals surface area contributed by atoms with Gasteiger partial charge in [-0.3, -0.25) is 9.59 Å². The molecule has 20 heavy (non-hydrogen) atoms. The summed E-state index contributed by atoms with van der Waals surface area (Å²) in [5, 5.41) is 9.51. The molecule has 0 bridgehead atoms. The van der Waals surface area contributed by atoms with Gasteiger partial charge in [-0.05, 0) is 25.8 Å². The normalized spacial score (nSPS) is 17.9. The van der Waals surface area contributed by atoms with Crippen molar-refractivity contribution in [1.29, 1.82) is 0 Å². The summed E-state index contributed by atoms with van der Waals surface area (Å²) in [5.41, 5.74) is 0. The van der Waals surface area contributed by atoms with Crippen molar-refractivity contribution < 1.29 is 18.8 Å². The molecule has 1 aromatic rings. The SMILES string of the molecule is COC(=O)CCCNC(=O)c1noc(C2CCCN2)n1. The Kier molecular flexibility index (Phi) is 5.05. The van der Waals surface area contributed by atoms with Crippen LogP contribution in [0, 0.1) is 0 Å². The van der Waals surface area contributed by atoms with Gasteiger partial charge in [0, 0.05) is 13.0 Å². The number of hydrogen-bond donors (Lipinski definition) is 2. The number of nitrogens with zero attached hydrogens (tertiary/aromatic N) is 2. The summed E-state index contributed by atoms with van der Waals surface area (Å²) in [7, 11) is 1.33. The van der Waals surface area contributed by atoms with Crippen LogP contribution in [0.1, 0.15) is 48.2 Å². The van der Waals surface area contributed by atoms with Gasteiger partial charge < -0.3 is 19.9 Å². The monoisotopic (exact) mass is 282 g/mol. The zero-order valence-corrected chi connectivity index (χ0v) is 11.3. The molecule has 1 aromatic heterocycles. The fourth-order valence-corrected chi connectivity index (χ4v) is 1.98. The van der Waals surface area contributed by atoms with E-state index in [1.54, 1.807) is 0 Å². The first-order chi connectivity index (χ1) is 9.70. The molecule has 0 spiro atoms. The standard InChI is InChI=1S/C12H18N4O4/c1-19-9(17)5-3-7-14-11(18)10-15-12(20-16-10)8-4-2-6-13-8/h8,13H,2-7H2,1H3,(H,14,18). The molecule has 2 N–H and O–H groups in total. The third-order valence-corrected chi connectivity index (χ3v) is 3.07. The molecular formula is C12H18N4O4. The van der Waals surface area contributed by atoms with Crippen LogP contribution in [0.5, 0.6) is 0 Å². The molecule has 1 atom stereocenters. The maximum absolute atomic E-state index is 11.8. The zero-order chi connectivity index (χ0) is 14.4. The lowest BCUT2D eigenvalue weighted by Crippen LogP contribution is -2.26. The number of nitrogens with one attached hydrogen (secondary N) is 2. The summed E-state index contributed by atoms with van der Waals surface area (Å²) in [6.07, 6.45) is 2.76. The molecule has 1 fully saturated rings. The van der Waals surface area contributed by atoms with Gasteiger partial charge in [-0.25, -0.2) is 0 Å². The zero-order valence-electron chi connectivity index (χ0n) is 11.3. The maximum atomic E-state index is 11.8. The van der Waals surface area contributed by atoms with Gasteiger partial charge >= 0.3 is 5.97 Å². The van der Waals surface area contributed by atoms with Gasteiger partial charge in [0.1, 0.15) is 0 Å². The molecule has 1 aliphatic rings. The van der Waals surface area contributed by atoms with E-state index in [1.165, 1.54) is 7.11 Å². The lowest BCUT2D eigenvalue weighted by Gasteiger charge is -2.02. The number of methoxy groups -OCH3 is 1. The first kappa shape index (κ1) is 14.4. The minimum Gasteiger partial charge on any atom is -0.469 e. The number of rotatable bonds is 6. The van der Waals surface area contributed by atoms with E-state index in [1.807, 2.05) is 0 Å². The molecule has 2 rings (SSSR count). The number of hydrogen-bond acceptors (Lipinski definition) is 7. The van der Waals surface area contributed by atoms with Crippen LogP contribution < -0.4 is 10.6 Å². The van der Waals surface area contributed by atoms with Crippen LogP contribution in [0.2, 0.25) is 0 Å². The van der Waals surface area contributed by atoms with Crippen molar-refractivity contribution in [3.05, 3.63) is 11.7 Å². The Balaban J connectivity index is 1.76. The van der Waals surface area contributed by atoms with Gasteiger partial charge in [0.2, 0.25) is 5.89 Å². The molecule has 0 saturated carbocycles. The second kappa shape index (κ2) is 6.99. The largest absolute Gasteiger partial charge is 0.469 e. The molecule has 110 valence electrons. The maximum Gasteiger partial charge on any atom is 0.305 e. The number of amides is 1. The Hall–Kier alpha value is -1.96. The van der Waals surface area contributed by atoms with Crippen molar-refractivity contribution in [1.82, 2.24) is 20.8 Å². The summed E-state index contributed by atoms with van der Waals surface area (Å²) in [6.45, 7) is 1.28. The molecular weight excluding hydrogens is 264 g/mol. The molecule has 0 radical (unpaired) electrons. The highest BCUT2D eigenvalue weighted by atomic mass is 16.5. The predicted octanol–water partition coefficient (Wildman–Crippen LogP) is 0.177. The van der Waals surface area contributed by atoms with E-state index < -0.39 is 5.91 Å². The Morgan fingerprint density at radius 1 is 1.55 bits per heavy atom. The number of carbonyl (C=O) groups is 2.